The molecule has 25 heavy (non-hydrogen) atoms. The van der Waals surface area contributed by atoms with Gasteiger partial charge in [-0.05, 0) is 48.6 Å². The molecule has 1 aliphatic rings. The number of hydrogen-bond donors (Lipinski definition) is 1. The number of nitrogens with zero attached hydrogens (tertiary/aromatic N) is 2. The van der Waals surface area contributed by atoms with E-state index in [1.807, 2.05) is 24.3 Å². The number of hydrogen-bond acceptors (Lipinski definition) is 4. The molecule has 2 aromatic rings. The van der Waals surface area contributed by atoms with Crippen LogP contribution < -0.4 is 0 Å². The highest BCUT2D eigenvalue weighted by atomic mass is 16.6. The number of non-ortho nitro benzene ring substituents is 1. The fraction of sp³-hybridized carbons (Fsp3) is 0.316. The second-order valence-electron chi connectivity index (χ2n) is 6.42. The van der Waals surface area contributed by atoms with E-state index in [0.29, 0.717) is 11.5 Å². The number of carbonyl (C=O) groups is 1. The molecule has 0 bridgehead atoms. The Morgan fingerprint density at radius 3 is 2.44 bits per heavy atom. The predicted octanol–water partition coefficient (Wildman–Crippen LogP) is 3.67. The molecule has 1 saturated heterocycles. The van der Waals surface area contributed by atoms with Crippen molar-refractivity contribution in [3.8, 4) is 0 Å². The second kappa shape index (κ2) is 7.44. The summed E-state index contributed by atoms with van der Waals surface area (Å²) in [5.41, 5.74) is 2.65. The number of carboxylic acids is 1. The van der Waals surface area contributed by atoms with Gasteiger partial charge < -0.3 is 5.11 Å². The zero-order valence-corrected chi connectivity index (χ0v) is 13.8. The summed E-state index contributed by atoms with van der Waals surface area (Å²) in [5.74, 6) is -0.546. The Kier molecular flexibility index (Phi) is 5.09. The van der Waals surface area contributed by atoms with E-state index >= 15 is 0 Å². The van der Waals surface area contributed by atoms with Gasteiger partial charge in [-0.2, -0.15) is 0 Å². The SMILES string of the molecule is O=C(O)c1ccc(CN2CCCC(c3ccc([N+](=O)[O-])cc3)C2)cc1. The van der Waals surface area contributed by atoms with Crippen LogP contribution in [0.2, 0.25) is 0 Å². The monoisotopic (exact) mass is 340 g/mol. The van der Waals surface area contributed by atoms with Gasteiger partial charge >= 0.3 is 5.97 Å². The maximum Gasteiger partial charge on any atom is 0.335 e. The molecule has 1 aliphatic heterocycles. The number of nitro groups is 1. The first-order valence-electron chi connectivity index (χ1n) is 8.32. The van der Waals surface area contributed by atoms with Gasteiger partial charge in [0, 0.05) is 25.2 Å². The maximum absolute atomic E-state index is 10.9. The van der Waals surface area contributed by atoms with E-state index in [1.54, 1.807) is 24.3 Å². The molecule has 3 rings (SSSR count). The normalized spacial score (nSPS) is 18.0. The lowest BCUT2D eigenvalue weighted by molar-refractivity contribution is -0.384. The summed E-state index contributed by atoms with van der Waals surface area (Å²) in [5, 5.41) is 19.7. The molecule has 1 atom stereocenters. The highest BCUT2D eigenvalue weighted by Crippen LogP contribution is 2.29. The molecule has 1 unspecified atom stereocenters. The second-order valence-corrected chi connectivity index (χ2v) is 6.42. The van der Waals surface area contributed by atoms with Gasteiger partial charge in [0.05, 0.1) is 10.5 Å². The Hall–Kier alpha value is -2.73. The van der Waals surface area contributed by atoms with E-state index in [2.05, 4.69) is 4.90 Å². The number of rotatable bonds is 5. The zero-order chi connectivity index (χ0) is 17.8. The number of nitro benzene ring substituents is 1. The van der Waals surface area contributed by atoms with E-state index in [0.717, 1.165) is 43.6 Å². The van der Waals surface area contributed by atoms with Crippen molar-refractivity contribution < 1.29 is 14.8 Å². The summed E-state index contributed by atoms with van der Waals surface area (Å²) >= 11 is 0. The van der Waals surface area contributed by atoms with E-state index < -0.39 is 5.97 Å². The van der Waals surface area contributed by atoms with Gasteiger partial charge in [0.25, 0.3) is 5.69 Å². The minimum atomic E-state index is -0.914. The molecule has 0 spiro atoms. The Balaban J connectivity index is 1.64. The molecule has 0 radical (unpaired) electrons. The average Bonchev–Trinajstić information content (AvgIpc) is 2.62. The molecule has 1 fully saturated rings. The molecule has 6 nitrogen and oxygen atoms in total. The minimum Gasteiger partial charge on any atom is -0.478 e. The Labute approximate surface area is 145 Å². The number of piperidine rings is 1. The molecule has 2 aromatic carbocycles. The van der Waals surface area contributed by atoms with Crippen molar-refractivity contribution in [1.82, 2.24) is 4.90 Å². The lowest BCUT2D eigenvalue weighted by Crippen LogP contribution is -2.33. The van der Waals surface area contributed by atoms with E-state index in [1.165, 1.54) is 0 Å². The lowest BCUT2D eigenvalue weighted by atomic mass is 9.90. The smallest absolute Gasteiger partial charge is 0.335 e. The summed E-state index contributed by atoms with van der Waals surface area (Å²) in [4.78, 5) is 23.7. The van der Waals surface area contributed by atoms with Crippen LogP contribution in [0.15, 0.2) is 48.5 Å². The van der Waals surface area contributed by atoms with Gasteiger partial charge in [-0.15, -0.1) is 0 Å². The number of likely N-dealkylation sites (tertiary alicyclic amines) is 1. The largest absolute Gasteiger partial charge is 0.478 e. The van der Waals surface area contributed by atoms with Crippen LogP contribution >= 0.6 is 0 Å². The van der Waals surface area contributed by atoms with Crippen molar-refractivity contribution in [2.24, 2.45) is 0 Å². The van der Waals surface area contributed by atoms with Crippen LogP contribution in [0.25, 0.3) is 0 Å². The topological polar surface area (TPSA) is 83.7 Å². The number of aromatic carboxylic acids is 1. The van der Waals surface area contributed by atoms with Gasteiger partial charge in [-0.25, -0.2) is 4.79 Å². The first-order chi connectivity index (χ1) is 12.0. The number of benzene rings is 2. The van der Waals surface area contributed by atoms with Crippen LogP contribution in [0.5, 0.6) is 0 Å². The van der Waals surface area contributed by atoms with Gasteiger partial charge in [-0.1, -0.05) is 24.3 Å². The Bertz CT molecular complexity index is 756. The third-order valence-corrected chi connectivity index (χ3v) is 4.69. The lowest BCUT2D eigenvalue weighted by Gasteiger charge is -2.33. The molecule has 0 amide bonds. The molecular formula is C19H20N2O4. The fourth-order valence-corrected chi connectivity index (χ4v) is 3.35. The fourth-order valence-electron chi connectivity index (χ4n) is 3.35. The van der Waals surface area contributed by atoms with Crippen molar-refractivity contribution in [2.45, 2.75) is 25.3 Å². The minimum absolute atomic E-state index is 0.120. The van der Waals surface area contributed by atoms with Crippen LogP contribution in [0.1, 0.15) is 40.2 Å². The summed E-state index contributed by atoms with van der Waals surface area (Å²) in [7, 11) is 0. The van der Waals surface area contributed by atoms with Crippen LogP contribution in [-0.4, -0.2) is 34.0 Å². The van der Waals surface area contributed by atoms with Crippen molar-refractivity contribution in [1.29, 1.82) is 0 Å². The first kappa shape index (κ1) is 17.1. The van der Waals surface area contributed by atoms with Crippen molar-refractivity contribution in [2.75, 3.05) is 13.1 Å². The van der Waals surface area contributed by atoms with E-state index in [9.17, 15) is 14.9 Å². The molecule has 0 aliphatic carbocycles. The zero-order valence-electron chi connectivity index (χ0n) is 13.8. The molecule has 0 saturated carbocycles. The maximum atomic E-state index is 10.9. The van der Waals surface area contributed by atoms with Crippen LogP contribution in [-0.2, 0) is 6.54 Å². The van der Waals surface area contributed by atoms with E-state index in [-0.39, 0.29) is 10.6 Å². The van der Waals surface area contributed by atoms with Gasteiger partial charge in [0.15, 0.2) is 0 Å². The highest BCUT2D eigenvalue weighted by Gasteiger charge is 2.22. The first-order valence-corrected chi connectivity index (χ1v) is 8.32. The molecule has 1 heterocycles. The molecule has 6 heteroatoms. The van der Waals surface area contributed by atoms with Crippen LogP contribution in [0.4, 0.5) is 5.69 Å². The van der Waals surface area contributed by atoms with Gasteiger partial charge in [-0.3, -0.25) is 15.0 Å². The summed E-state index contributed by atoms with van der Waals surface area (Å²) < 4.78 is 0. The van der Waals surface area contributed by atoms with Crippen LogP contribution in [0, 0.1) is 10.1 Å². The molecule has 130 valence electrons. The number of carboxylic acid groups (broad SMARTS) is 1. The highest BCUT2D eigenvalue weighted by molar-refractivity contribution is 5.87. The van der Waals surface area contributed by atoms with Crippen LogP contribution in [0.3, 0.4) is 0 Å². The van der Waals surface area contributed by atoms with Gasteiger partial charge in [0.1, 0.15) is 0 Å². The van der Waals surface area contributed by atoms with Crippen molar-refractivity contribution in [3.05, 3.63) is 75.3 Å². The average molecular weight is 340 g/mol. The summed E-state index contributed by atoms with van der Waals surface area (Å²) in [6, 6.07) is 13.8. The predicted molar refractivity (Wildman–Crippen MR) is 93.7 cm³/mol. The third kappa shape index (κ3) is 4.22. The molecular weight excluding hydrogens is 320 g/mol. The van der Waals surface area contributed by atoms with E-state index in [4.69, 9.17) is 5.11 Å². The van der Waals surface area contributed by atoms with Crippen molar-refractivity contribution >= 4 is 11.7 Å². The molecule has 1 N–H and O–H groups in total. The summed E-state index contributed by atoms with van der Waals surface area (Å²) in [6.07, 6.45) is 2.15. The van der Waals surface area contributed by atoms with Crippen molar-refractivity contribution in [3.63, 3.8) is 0 Å². The summed E-state index contributed by atoms with van der Waals surface area (Å²) in [6.45, 7) is 2.69. The molecule has 0 aromatic heterocycles. The Morgan fingerprint density at radius 2 is 1.84 bits per heavy atom. The quantitative estimate of drug-likeness (QED) is 0.663. The third-order valence-electron chi connectivity index (χ3n) is 4.69. The standard InChI is InChI=1S/C19H20N2O4/c22-19(23)16-5-3-14(4-6-16)12-20-11-1-2-17(13-20)15-7-9-18(10-8-15)21(24)25/h3-10,17H,1-2,11-13H2,(H,22,23). The van der Waals surface area contributed by atoms with Gasteiger partial charge in [0.2, 0.25) is 0 Å². The Morgan fingerprint density at radius 1 is 1.16 bits per heavy atom.